The topological polar surface area (TPSA) is 64.7 Å². The number of carbonyl (C=O) groups is 2. The monoisotopic (exact) mass is 366 g/mol. The van der Waals surface area contributed by atoms with Gasteiger partial charge in [0.25, 0.3) is 0 Å². The minimum atomic E-state index is -0.275. The molecule has 6 heteroatoms. The van der Waals surface area contributed by atoms with Crippen molar-refractivity contribution in [3.8, 4) is 0 Å². The Bertz CT molecular complexity index is 794. The van der Waals surface area contributed by atoms with Gasteiger partial charge in [0.15, 0.2) is 0 Å². The molecule has 0 spiro atoms. The van der Waals surface area contributed by atoms with Crippen LogP contribution in [-0.4, -0.2) is 43.0 Å². The molecule has 3 rings (SSSR count). The van der Waals surface area contributed by atoms with E-state index in [1.54, 1.807) is 0 Å². The number of amides is 3. The number of anilines is 3. The molecule has 3 amide bonds. The van der Waals surface area contributed by atoms with E-state index in [1.807, 2.05) is 78.4 Å². The maximum Gasteiger partial charge on any atom is 0.319 e. The molecule has 2 aromatic carbocycles. The van der Waals surface area contributed by atoms with Gasteiger partial charge in [0.2, 0.25) is 5.91 Å². The van der Waals surface area contributed by atoms with Gasteiger partial charge in [-0.2, -0.15) is 0 Å². The van der Waals surface area contributed by atoms with E-state index in [1.165, 1.54) is 0 Å². The maximum absolute atomic E-state index is 12.4. The number of benzene rings is 2. The number of likely N-dealkylation sites (tertiary alicyclic amines) is 1. The van der Waals surface area contributed by atoms with Crippen LogP contribution in [0.5, 0.6) is 0 Å². The second-order valence-corrected chi connectivity index (χ2v) is 6.85. The SMILES string of the molecule is CC(CN1CCCC1=O)NC(=O)Nc1ccccc1N(C)c1ccccc1. The second-order valence-electron chi connectivity index (χ2n) is 6.85. The molecule has 142 valence electrons. The fraction of sp³-hybridized carbons (Fsp3) is 0.333. The van der Waals surface area contributed by atoms with E-state index in [4.69, 9.17) is 0 Å². The minimum absolute atomic E-state index is 0.119. The second kappa shape index (κ2) is 8.58. The van der Waals surface area contributed by atoms with E-state index < -0.39 is 0 Å². The van der Waals surface area contributed by atoms with Gasteiger partial charge >= 0.3 is 6.03 Å². The summed E-state index contributed by atoms with van der Waals surface area (Å²) in [7, 11) is 1.97. The van der Waals surface area contributed by atoms with Crippen molar-refractivity contribution in [1.82, 2.24) is 10.2 Å². The average Bonchev–Trinajstić information content (AvgIpc) is 3.06. The molecule has 1 aliphatic heterocycles. The van der Waals surface area contributed by atoms with Gasteiger partial charge in [-0.3, -0.25) is 4.79 Å². The molecule has 0 aliphatic carbocycles. The molecule has 6 nitrogen and oxygen atoms in total. The first-order valence-corrected chi connectivity index (χ1v) is 9.27. The van der Waals surface area contributed by atoms with Crippen molar-refractivity contribution in [3.05, 3.63) is 54.6 Å². The number of urea groups is 1. The molecule has 0 radical (unpaired) electrons. The van der Waals surface area contributed by atoms with Crippen molar-refractivity contribution in [2.24, 2.45) is 0 Å². The smallest absolute Gasteiger partial charge is 0.319 e. The third-order valence-electron chi connectivity index (χ3n) is 4.70. The summed E-state index contributed by atoms with van der Waals surface area (Å²) in [5.41, 5.74) is 2.67. The third kappa shape index (κ3) is 4.78. The Morgan fingerprint density at radius 1 is 1.15 bits per heavy atom. The zero-order chi connectivity index (χ0) is 19.2. The van der Waals surface area contributed by atoms with Crippen molar-refractivity contribution in [3.63, 3.8) is 0 Å². The highest BCUT2D eigenvalue weighted by molar-refractivity contribution is 5.94. The molecule has 1 saturated heterocycles. The van der Waals surface area contributed by atoms with E-state index in [2.05, 4.69) is 10.6 Å². The van der Waals surface area contributed by atoms with Crippen molar-refractivity contribution >= 4 is 29.0 Å². The molecule has 2 N–H and O–H groups in total. The Morgan fingerprint density at radius 3 is 2.56 bits per heavy atom. The van der Waals surface area contributed by atoms with Gasteiger partial charge in [-0.1, -0.05) is 30.3 Å². The Kier molecular flexibility index (Phi) is 5.96. The van der Waals surface area contributed by atoms with Gasteiger partial charge in [-0.25, -0.2) is 4.79 Å². The number of nitrogens with one attached hydrogen (secondary N) is 2. The molecule has 0 bridgehead atoms. The summed E-state index contributed by atoms with van der Waals surface area (Å²) < 4.78 is 0. The van der Waals surface area contributed by atoms with E-state index in [0.717, 1.165) is 30.0 Å². The maximum atomic E-state index is 12.4. The van der Waals surface area contributed by atoms with E-state index in [-0.39, 0.29) is 18.0 Å². The zero-order valence-electron chi connectivity index (χ0n) is 15.8. The zero-order valence-corrected chi connectivity index (χ0v) is 15.8. The number of para-hydroxylation sites is 3. The Balaban J connectivity index is 1.63. The average molecular weight is 366 g/mol. The molecule has 0 aromatic heterocycles. The molecule has 1 atom stereocenters. The predicted molar refractivity (Wildman–Crippen MR) is 108 cm³/mol. The quantitative estimate of drug-likeness (QED) is 0.821. The first-order chi connectivity index (χ1) is 13.0. The molecule has 0 saturated carbocycles. The fourth-order valence-electron chi connectivity index (χ4n) is 3.32. The minimum Gasteiger partial charge on any atom is -0.343 e. The van der Waals surface area contributed by atoms with Crippen molar-refractivity contribution in [2.45, 2.75) is 25.8 Å². The van der Waals surface area contributed by atoms with Crippen LogP contribution in [0.2, 0.25) is 0 Å². The normalized spacial score (nSPS) is 14.7. The van der Waals surface area contributed by atoms with Crippen LogP contribution in [-0.2, 0) is 4.79 Å². The van der Waals surface area contributed by atoms with E-state index in [9.17, 15) is 9.59 Å². The molecular weight excluding hydrogens is 340 g/mol. The first kappa shape index (κ1) is 18.8. The van der Waals surface area contributed by atoms with Crippen LogP contribution in [0.15, 0.2) is 54.6 Å². The summed E-state index contributed by atoms with van der Waals surface area (Å²) in [6.07, 6.45) is 1.51. The number of nitrogens with zero attached hydrogens (tertiary/aromatic N) is 2. The van der Waals surface area contributed by atoms with Crippen LogP contribution < -0.4 is 15.5 Å². The molecule has 1 fully saturated rings. The summed E-state index contributed by atoms with van der Waals surface area (Å²) in [6, 6.07) is 17.3. The lowest BCUT2D eigenvalue weighted by Gasteiger charge is -2.24. The Labute approximate surface area is 160 Å². The van der Waals surface area contributed by atoms with E-state index >= 15 is 0 Å². The van der Waals surface area contributed by atoms with Gasteiger partial charge in [0.1, 0.15) is 0 Å². The van der Waals surface area contributed by atoms with Gasteiger partial charge in [0.05, 0.1) is 11.4 Å². The highest BCUT2D eigenvalue weighted by Gasteiger charge is 2.22. The van der Waals surface area contributed by atoms with Crippen LogP contribution in [0.4, 0.5) is 21.9 Å². The van der Waals surface area contributed by atoms with E-state index in [0.29, 0.717) is 13.0 Å². The number of carbonyl (C=O) groups excluding carboxylic acids is 2. The number of rotatable bonds is 6. The van der Waals surface area contributed by atoms with Crippen molar-refractivity contribution in [1.29, 1.82) is 0 Å². The molecular formula is C21H26N4O2. The van der Waals surface area contributed by atoms with Crippen LogP contribution in [0.25, 0.3) is 0 Å². The highest BCUT2D eigenvalue weighted by atomic mass is 16.2. The molecule has 2 aromatic rings. The highest BCUT2D eigenvalue weighted by Crippen LogP contribution is 2.30. The van der Waals surface area contributed by atoms with Gasteiger partial charge in [-0.05, 0) is 37.6 Å². The molecule has 27 heavy (non-hydrogen) atoms. The molecule has 1 heterocycles. The standard InChI is InChI=1S/C21H26N4O2/c1-16(15-25-14-8-13-20(25)26)22-21(27)23-18-11-6-7-12-19(18)24(2)17-9-4-3-5-10-17/h3-7,9-12,16H,8,13-15H2,1-2H3,(H2,22,23,27). The summed E-state index contributed by atoms with van der Waals surface area (Å²) in [4.78, 5) is 28.0. The van der Waals surface area contributed by atoms with Crippen LogP contribution >= 0.6 is 0 Å². The van der Waals surface area contributed by atoms with Gasteiger partial charge in [-0.15, -0.1) is 0 Å². The van der Waals surface area contributed by atoms with Gasteiger partial charge in [0, 0.05) is 38.3 Å². The fourth-order valence-corrected chi connectivity index (χ4v) is 3.32. The lowest BCUT2D eigenvalue weighted by Crippen LogP contribution is -2.44. The summed E-state index contributed by atoms with van der Waals surface area (Å²) >= 11 is 0. The van der Waals surface area contributed by atoms with Crippen molar-refractivity contribution < 1.29 is 9.59 Å². The van der Waals surface area contributed by atoms with Gasteiger partial charge < -0.3 is 20.4 Å². The van der Waals surface area contributed by atoms with Crippen molar-refractivity contribution in [2.75, 3.05) is 30.4 Å². The predicted octanol–water partition coefficient (Wildman–Crippen LogP) is 3.59. The lowest BCUT2D eigenvalue weighted by atomic mass is 10.2. The third-order valence-corrected chi connectivity index (χ3v) is 4.70. The first-order valence-electron chi connectivity index (χ1n) is 9.27. The van der Waals surface area contributed by atoms with Crippen LogP contribution in [0, 0.1) is 0 Å². The number of hydrogen-bond donors (Lipinski definition) is 2. The summed E-state index contributed by atoms with van der Waals surface area (Å²) in [5, 5.41) is 5.85. The Morgan fingerprint density at radius 2 is 1.85 bits per heavy atom. The van der Waals surface area contributed by atoms with Crippen LogP contribution in [0.3, 0.4) is 0 Å². The molecule has 1 unspecified atom stereocenters. The lowest BCUT2D eigenvalue weighted by molar-refractivity contribution is -0.127. The van der Waals surface area contributed by atoms with Crippen LogP contribution in [0.1, 0.15) is 19.8 Å². The summed E-state index contributed by atoms with van der Waals surface area (Å²) in [6.45, 7) is 3.22. The summed E-state index contributed by atoms with van der Waals surface area (Å²) in [5.74, 6) is 0.166. The number of hydrogen-bond acceptors (Lipinski definition) is 3. The Hall–Kier alpha value is -3.02. The largest absolute Gasteiger partial charge is 0.343 e. The molecule has 1 aliphatic rings.